The standard InChI is InChI=1S/C52H81N15O18/c1-24(2)16-30(42(74)56-21-38(71)63-40(25(3)4)48(80)64-41(27(6)69)52(84)85)60-46(78)34-10-7-13-65(34)49(81)26(5)58-45(77)33(22-68)62-43(75)31(17-28-20-55-23-57-28)59-44(76)32(19-39(72)73)61-47(79)35-11-8-14-66(35)51(83)36-12-9-15-67(36)50(82)29(53)18-37(54)70/h20,23-27,29-36,40-41,68-69H,7-19,21-22,53H2,1-6H3,(H2,54,70)(H,55,57)(H,56,74)(H,58,77)(H,59,76)(H,60,78)(H,61,79)(H,62,75)(H,63,71)(H,64,80)(H,72,73)(H,84,85)/t26-,27+,29-,30-,31-,32-,33-,34-,35-,36-,40-,41-/m0/s1. The van der Waals surface area contributed by atoms with Gasteiger partial charge in [-0.25, -0.2) is 9.78 Å². The molecule has 12 amide bonds. The maximum Gasteiger partial charge on any atom is 0.328 e. The summed E-state index contributed by atoms with van der Waals surface area (Å²) in [7, 11) is 0. The highest BCUT2D eigenvalue weighted by molar-refractivity contribution is 6.00. The molecule has 3 fully saturated rings. The molecule has 17 N–H and O–H groups in total. The molecule has 12 atom stereocenters. The second-order valence-corrected chi connectivity index (χ2v) is 22.1. The molecule has 0 spiro atoms. The predicted octanol–water partition coefficient (Wildman–Crippen LogP) is -6.71. The number of imidazole rings is 1. The highest BCUT2D eigenvalue weighted by atomic mass is 16.4. The smallest absolute Gasteiger partial charge is 0.328 e. The van der Waals surface area contributed by atoms with Gasteiger partial charge in [0.2, 0.25) is 70.9 Å². The largest absolute Gasteiger partial charge is 0.481 e. The number of aliphatic hydroxyl groups excluding tert-OH is 2. The normalized spacial score (nSPS) is 19.8. The van der Waals surface area contributed by atoms with Gasteiger partial charge in [-0.1, -0.05) is 27.7 Å². The van der Waals surface area contributed by atoms with E-state index in [0.29, 0.717) is 19.3 Å². The molecule has 33 heteroatoms. The minimum Gasteiger partial charge on any atom is -0.481 e. The first-order chi connectivity index (χ1) is 39.9. The number of carboxylic acids is 2. The van der Waals surface area contributed by atoms with Crippen LogP contribution in [0.4, 0.5) is 0 Å². The van der Waals surface area contributed by atoms with Crippen molar-refractivity contribution in [3.8, 4) is 0 Å². The van der Waals surface area contributed by atoms with Crippen LogP contribution in [0.1, 0.15) is 105 Å². The van der Waals surface area contributed by atoms with Gasteiger partial charge in [-0.15, -0.1) is 0 Å². The van der Waals surface area contributed by atoms with Crippen LogP contribution in [-0.2, 0) is 73.5 Å². The second kappa shape index (κ2) is 32.1. The zero-order chi connectivity index (χ0) is 63.6. The van der Waals surface area contributed by atoms with Crippen LogP contribution in [0.3, 0.4) is 0 Å². The van der Waals surface area contributed by atoms with Crippen LogP contribution >= 0.6 is 0 Å². The van der Waals surface area contributed by atoms with Gasteiger partial charge in [-0.2, -0.15) is 0 Å². The SMILES string of the molecule is CC(C)C[C@H](NC(=O)[C@@H]1CCCN1C(=O)[C@H](C)NC(=O)[C@H](CO)NC(=O)[C@H](Cc1cnc[nH]1)NC(=O)[C@H](CC(=O)O)NC(=O)[C@@H]1CCCN1C(=O)[C@@H]1CCCN1C(=O)[C@@H](N)CC(N)=O)C(=O)NCC(=O)N[C@H](C(=O)N[C@H](C(=O)O)[C@@H](C)O)C(C)C. The first kappa shape index (κ1) is 69.2. The number of amides is 12. The van der Waals surface area contributed by atoms with E-state index >= 15 is 0 Å². The fourth-order valence-corrected chi connectivity index (χ4v) is 10.1. The molecule has 0 aromatic carbocycles. The van der Waals surface area contributed by atoms with Gasteiger partial charge in [0.05, 0.1) is 44.5 Å². The van der Waals surface area contributed by atoms with Crippen LogP contribution in [0.5, 0.6) is 0 Å². The van der Waals surface area contributed by atoms with Crippen molar-refractivity contribution in [1.29, 1.82) is 0 Å². The molecule has 4 heterocycles. The number of likely N-dealkylation sites (tertiary alicyclic amines) is 3. The molecular formula is C52H81N15O18. The summed E-state index contributed by atoms with van der Waals surface area (Å²) in [6.45, 7) is 7.67. The van der Waals surface area contributed by atoms with Crippen molar-refractivity contribution >= 4 is 82.8 Å². The van der Waals surface area contributed by atoms with E-state index in [1.807, 2.05) is 0 Å². The number of aliphatic carboxylic acids is 2. The Bertz CT molecular complexity index is 2620. The van der Waals surface area contributed by atoms with Crippen molar-refractivity contribution in [2.24, 2.45) is 23.3 Å². The fourth-order valence-electron chi connectivity index (χ4n) is 10.1. The van der Waals surface area contributed by atoms with Crippen molar-refractivity contribution in [3.63, 3.8) is 0 Å². The summed E-state index contributed by atoms with van der Waals surface area (Å²) in [5.41, 5.74) is 11.4. The number of rotatable bonds is 31. The van der Waals surface area contributed by atoms with Gasteiger partial charge in [0, 0.05) is 37.9 Å². The topological polar surface area (TPSA) is 507 Å². The maximum absolute atomic E-state index is 14.0. The Labute approximate surface area is 489 Å². The van der Waals surface area contributed by atoms with Gasteiger partial charge in [0.1, 0.15) is 54.4 Å². The average molecular weight is 1200 g/mol. The summed E-state index contributed by atoms with van der Waals surface area (Å²) < 4.78 is 0. The van der Waals surface area contributed by atoms with Gasteiger partial charge >= 0.3 is 11.9 Å². The van der Waals surface area contributed by atoms with E-state index in [9.17, 15) is 87.5 Å². The van der Waals surface area contributed by atoms with Gasteiger partial charge in [0.15, 0.2) is 6.04 Å². The van der Waals surface area contributed by atoms with Gasteiger partial charge in [-0.05, 0) is 70.6 Å². The van der Waals surface area contributed by atoms with E-state index in [0.717, 1.165) is 6.92 Å². The Morgan fingerprint density at radius 1 is 0.635 bits per heavy atom. The third kappa shape index (κ3) is 19.9. The lowest BCUT2D eigenvalue weighted by molar-refractivity contribution is -0.148. The zero-order valence-corrected chi connectivity index (χ0v) is 48.3. The van der Waals surface area contributed by atoms with Crippen molar-refractivity contribution in [1.82, 2.24) is 67.2 Å². The zero-order valence-electron chi connectivity index (χ0n) is 48.3. The highest BCUT2D eigenvalue weighted by Gasteiger charge is 2.45. The molecule has 0 bridgehead atoms. The van der Waals surface area contributed by atoms with E-state index < -0.39 is 187 Å². The number of hydrogen-bond acceptors (Lipinski definition) is 18. The maximum atomic E-state index is 14.0. The summed E-state index contributed by atoms with van der Waals surface area (Å²) in [5, 5.41) is 58.5. The molecule has 0 aliphatic carbocycles. The monoisotopic (exact) mass is 1200 g/mol. The van der Waals surface area contributed by atoms with Crippen LogP contribution in [0, 0.1) is 11.8 Å². The Morgan fingerprint density at radius 3 is 1.71 bits per heavy atom. The first-order valence-electron chi connectivity index (χ1n) is 28.0. The summed E-state index contributed by atoms with van der Waals surface area (Å²) >= 11 is 0. The minimum atomic E-state index is -1.85. The number of carboxylic acid groups (broad SMARTS) is 2. The molecular weight excluding hydrogens is 1120 g/mol. The number of carbonyl (C=O) groups is 14. The van der Waals surface area contributed by atoms with E-state index in [1.165, 1.54) is 34.1 Å². The summed E-state index contributed by atoms with van der Waals surface area (Å²) in [5.74, 6) is -14.2. The molecule has 4 rings (SSSR count). The van der Waals surface area contributed by atoms with Gasteiger partial charge in [-0.3, -0.25) is 62.3 Å². The molecule has 472 valence electrons. The lowest BCUT2D eigenvalue weighted by Gasteiger charge is -2.32. The van der Waals surface area contributed by atoms with Crippen molar-refractivity contribution < 1.29 is 87.5 Å². The Morgan fingerprint density at radius 2 is 1.18 bits per heavy atom. The van der Waals surface area contributed by atoms with Crippen LogP contribution in [0.2, 0.25) is 0 Å². The van der Waals surface area contributed by atoms with Crippen LogP contribution < -0.4 is 54.0 Å². The summed E-state index contributed by atoms with van der Waals surface area (Å²) in [6, 6.07) is -15.5. The van der Waals surface area contributed by atoms with Crippen molar-refractivity contribution in [2.45, 2.75) is 178 Å². The number of aliphatic hydroxyl groups is 2. The van der Waals surface area contributed by atoms with E-state index in [4.69, 9.17) is 11.5 Å². The lowest BCUT2D eigenvalue weighted by atomic mass is 10.0. The number of nitrogens with two attached hydrogens (primary N) is 2. The van der Waals surface area contributed by atoms with Gasteiger partial charge in [0.25, 0.3) is 0 Å². The minimum absolute atomic E-state index is 0.0423. The second-order valence-electron chi connectivity index (χ2n) is 22.1. The number of hydrogen-bond donors (Lipinski definition) is 15. The Kier molecular flexibility index (Phi) is 26.1. The number of nitrogens with one attached hydrogen (secondary N) is 9. The number of aromatic nitrogens is 2. The summed E-state index contributed by atoms with van der Waals surface area (Å²) in [4.78, 5) is 195. The Balaban J connectivity index is 1.40. The number of aromatic amines is 1. The molecule has 33 nitrogen and oxygen atoms in total. The molecule has 1 aromatic rings. The average Bonchev–Trinajstić information content (AvgIpc) is 3.01. The number of H-pyrrole nitrogens is 1. The molecule has 0 unspecified atom stereocenters. The van der Waals surface area contributed by atoms with Crippen LogP contribution in [0.25, 0.3) is 0 Å². The number of primary amides is 1. The molecule has 0 radical (unpaired) electrons. The van der Waals surface area contributed by atoms with Crippen molar-refractivity contribution in [3.05, 3.63) is 18.2 Å². The summed E-state index contributed by atoms with van der Waals surface area (Å²) in [6.07, 6.45) is 0.874. The van der Waals surface area contributed by atoms with E-state index in [-0.39, 0.29) is 63.4 Å². The lowest BCUT2D eigenvalue weighted by Crippen LogP contribution is -2.61. The van der Waals surface area contributed by atoms with E-state index in [2.05, 4.69) is 52.5 Å². The first-order valence-corrected chi connectivity index (χ1v) is 28.0. The number of carbonyl (C=O) groups excluding carboxylic acids is 12. The molecule has 3 aliphatic rings. The van der Waals surface area contributed by atoms with Crippen LogP contribution in [-0.4, -0.2) is 233 Å². The van der Waals surface area contributed by atoms with Crippen LogP contribution in [0.15, 0.2) is 12.5 Å². The predicted molar refractivity (Wildman–Crippen MR) is 293 cm³/mol. The third-order valence-electron chi connectivity index (χ3n) is 14.5. The van der Waals surface area contributed by atoms with Gasteiger partial charge < -0.3 is 94.1 Å². The fraction of sp³-hybridized carbons (Fsp3) is 0.673. The number of nitrogens with zero attached hydrogens (tertiary/aromatic N) is 4. The quantitative estimate of drug-likeness (QED) is 0.0329. The molecule has 85 heavy (non-hydrogen) atoms. The third-order valence-corrected chi connectivity index (χ3v) is 14.5. The molecule has 3 saturated heterocycles. The molecule has 1 aromatic heterocycles. The molecule has 0 saturated carbocycles. The molecule has 3 aliphatic heterocycles. The Hall–Kier alpha value is -8.33. The van der Waals surface area contributed by atoms with E-state index in [1.54, 1.807) is 27.7 Å². The van der Waals surface area contributed by atoms with Crippen molar-refractivity contribution in [2.75, 3.05) is 32.8 Å². The highest BCUT2D eigenvalue weighted by Crippen LogP contribution is 2.26.